The summed E-state index contributed by atoms with van der Waals surface area (Å²) in [6.45, 7) is -0.00685. The van der Waals surface area contributed by atoms with E-state index in [0.717, 1.165) is 11.1 Å². The van der Waals surface area contributed by atoms with Gasteiger partial charge in [-0.15, -0.1) is 0 Å². The molecule has 0 unspecified atom stereocenters. The van der Waals surface area contributed by atoms with E-state index >= 15 is 0 Å². The van der Waals surface area contributed by atoms with Crippen LogP contribution < -0.4 is 10.1 Å². The van der Waals surface area contributed by atoms with Gasteiger partial charge in [-0.25, -0.2) is 4.79 Å². The topological polar surface area (TPSA) is 64.6 Å². The van der Waals surface area contributed by atoms with Crippen LogP contribution in [0.4, 0.5) is 0 Å². The number of amides is 1. The molecule has 1 aromatic carbocycles. The van der Waals surface area contributed by atoms with Crippen LogP contribution in [0.25, 0.3) is 6.08 Å². The van der Waals surface area contributed by atoms with Gasteiger partial charge < -0.3 is 14.8 Å². The lowest BCUT2D eigenvalue weighted by Gasteiger charge is -2.09. The van der Waals surface area contributed by atoms with Gasteiger partial charge in [0.2, 0.25) is 0 Å². The van der Waals surface area contributed by atoms with Gasteiger partial charge in [0.05, 0.1) is 7.11 Å². The first-order valence-electron chi connectivity index (χ1n) is 6.94. The molecule has 2 rings (SSSR count). The predicted octanol–water partition coefficient (Wildman–Crippen LogP) is 2.63. The summed E-state index contributed by atoms with van der Waals surface area (Å²) in [6.07, 6.45) is 2.95. The summed E-state index contributed by atoms with van der Waals surface area (Å²) in [5, 5.41) is 6.50. The predicted molar refractivity (Wildman–Crippen MR) is 89.2 cm³/mol. The summed E-state index contributed by atoms with van der Waals surface area (Å²) in [5.41, 5.74) is 1.78. The number of methoxy groups -OCH3 is 1. The van der Waals surface area contributed by atoms with Gasteiger partial charge in [0.15, 0.2) is 6.61 Å². The molecule has 0 radical (unpaired) electrons. The lowest BCUT2D eigenvalue weighted by Crippen LogP contribution is -2.28. The Labute approximate surface area is 138 Å². The minimum Gasteiger partial charge on any atom is -0.496 e. The summed E-state index contributed by atoms with van der Waals surface area (Å²) in [7, 11) is 1.57. The van der Waals surface area contributed by atoms with Crippen LogP contribution in [0.5, 0.6) is 5.75 Å². The molecule has 0 aliphatic heterocycles. The molecule has 6 heteroatoms. The minimum absolute atomic E-state index is 0.311. The molecule has 0 fully saturated rings. The summed E-state index contributed by atoms with van der Waals surface area (Å²) >= 11 is 1.54. The van der Waals surface area contributed by atoms with Crippen molar-refractivity contribution in [1.29, 1.82) is 0 Å². The Balaban J connectivity index is 1.73. The number of esters is 1. The number of hydrogen-bond acceptors (Lipinski definition) is 5. The summed E-state index contributed by atoms with van der Waals surface area (Å²) in [6, 6.07) is 9.27. The number of carbonyl (C=O) groups excluding carboxylic acids is 2. The van der Waals surface area contributed by atoms with Gasteiger partial charge in [-0.1, -0.05) is 18.2 Å². The zero-order chi connectivity index (χ0) is 16.5. The Hall–Kier alpha value is -2.60. The fraction of sp³-hybridized carbons (Fsp3) is 0.176. The van der Waals surface area contributed by atoms with E-state index in [2.05, 4.69) is 5.32 Å². The lowest BCUT2D eigenvalue weighted by molar-refractivity contribution is -0.143. The third-order valence-electron chi connectivity index (χ3n) is 2.97. The molecular formula is C17H17NO4S. The van der Waals surface area contributed by atoms with E-state index in [1.807, 2.05) is 41.1 Å². The molecule has 1 N–H and O–H groups in total. The zero-order valence-electron chi connectivity index (χ0n) is 12.7. The molecular weight excluding hydrogens is 314 g/mol. The van der Waals surface area contributed by atoms with Crippen molar-refractivity contribution in [2.45, 2.75) is 6.54 Å². The maximum atomic E-state index is 11.7. The number of para-hydroxylation sites is 1. The fourth-order valence-corrected chi connectivity index (χ4v) is 2.44. The van der Waals surface area contributed by atoms with Crippen LogP contribution in [-0.2, 0) is 20.9 Å². The Morgan fingerprint density at radius 2 is 2.09 bits per heavy atom. The molecule has 0 bridgehead atoms. The lowest BCUT2D eigenvalue weighted by atomic mass is 10.2. The number of thiophene rings is 1. The van der Waals surface area contributed by atoms with Crippen LogP contribution in [0.1, 0.15) is 11.1 Å². The van der Waals surface area contributed by atoms with Crippen molar-refractivity contribution in [2.75, 3.05) is 13.7 Å². The van der Waals surface area contributed by atoms with E-state index in [-0.39, 0.29) is 12.5 Å². The van der Waals surface area contributed by atoms with E-state index in [0.29, 0.717) is 12.3 Å². The summed E-state index contributed by atoms with van der Waals surface area (Å²) in [5.74, 6) is -0.222. The van der Waals surface area contributed by atoms with Crippen molar-refractivity contribution in [3.63, 3.8) is 0 Å². The van der Waals surface area contributed by atoms with Crippen molar-refractivity contribution in [3.05, 3.63) is 58.3 Å². The minimum atomic E-state index is -0.552. The van der Waals surface area contributed by atoms with Gasteiger partial charge in [-0.3, -0.25) is 4.79 Å². The monoisotopic (exact) mass is 331 g/mol. The van der Waals surface area contributed by atoms with E-state index < -0.39 is 5.97 Å². The van der Waals surface area contributed by atoms with Gasteiger partial charge in [0, 0.05) is 18.2 Å². The first-order chi connectivity index (χ1) is 11.2. The number of nitrogens with one attached hydrogen (secondary N) is 1. The van der Waals surface area contributed by atoms with E-state index in [9.17, 15) is 9.59 Å². The van der Waals surface area contributed by atoms with E-state index in [1.165, 1.54) is 17.4 Å². The second-order valence-electron chi connectivity index (χ2n) is 4.59. The van der Waals surface area contributed by atoms with E-state index in [1.54, 1.807) is 13.2 Å². The Morgan fingerprint density at radius 3 is 2.83 bits per heavy atom. The van der Waals surface area contributed by atoms with Crippen LogP contribution in [0.2, 0.25) is 0 Å². The highest BCUT2D eigenvalue weighted by molar-refractivity contribution is 7.08. The Bertz CT molecular complexity index is 680. The van der Waals surface area contributed by atoms with Gasteiger partial charge in [0.1, 0.15) is 5.75 Å². The maximum Gasteiger partial charge on any atom is 0.331 e. The smallest absolute Gasteiger partial charge is 0.331 e. The van der Waals surface area contributed by atoms with Crippen LogP contribution in [-0.4, -0.2) is 25.6 Å². The SMILES string of the molecule is COc1ccccc1CNC(=O)COC(=O)/C=C/c1ccsc1. The quantitative estimate of drug-likeness (QED) is 0.626. The number of benzene rings is 1. The maximum absolute atomic E-state index is 11.7. The number of hydrogen-bond donors (Lipinski definition) is 1. The van der Waals surface area contributed by atoms with Crippen molar-refractivity contribution in [1.82, 2.24) is 5.32 Å². The van der Waals surface area contributed by atoms with Crippen LogP contribution in [0.15, 0.2) is 47.2 Å². The zero-order valence-corrected chi connectivity index (χ0v) is 13.5. The largest absolute Gasteiger partial charge is 0.496 e. The molecule has 0 aliphatic carbocycles. The van der Waals surface area contributed by atoms with Gasteiger partial charge in [-0.05, 0) is 34.5 Å². The van der Waals surface area contributed by atoms with E-state index in [4.69, 9.17) is 9.47 Å². The second-order valence-corrected chi connectivity index (χ2v) is 5.37. The third-order valence-corrected chi connectivity index (χ3v) is 3.67. The fourth-order valence-electron chi connectivity index (χ4n) is 1.81. The van der Waals surface area contributed by atoms with Gasteiger partial charge in [0.25, 0.3) is 5.91 Å². The standard InChI is InChI=1S/C17H17NO4S/c1-21-15-5-3-2-4-14(15)10-18-16(19)11-22-17(20)7-6-13-8-9-23-12-13/h2-9,12H,10-11H2,1H3,(H,18,19)/b7-6+. The van der Waals surface area contributed by atoms with Gasteiger partial charge >= 0.3 is 5.97 Å². The molecule has 2 aromatic rings. The number of ether oxygens (including phenoxy) is 2. The number of carbonyl (C=O) groups is 2. The Kier molecular flexibility index (Phi) is 6.38. The molecule has 0 spiro atoms. The molecule has 0 aliphatic rings. The highest BCUT2D eigenvalue weighted by atomic mass is 32.1. The van der Waals surface area contributed by atoms with Crippen molar-refractivity contribution >= 4 is 29.3 Å². The Morgan fingerprint density at radius 1 is 1.26 bits per heavy atom. The molecule has 5 nitrogen and oxygen atoms in total. The highest BCUT2D eigenvalue weighted by Crippen LogP contribution is 2.16. The highest BCUT2D eigenvalue weighted by Gasteiger charge is 2.07. The molecule has 0 saturated carbocycles. The summed E-state index contributed by atoms with van der Waals surface area (Å²) in [4.78, 5) is 23.2. The van der Waals surface area contributed by atoms with Crippen molar-refractivity contribution < 1.29 is 19.1 Å². The number of rotatable bonds is 7. The van der Waals surface area contributed by atoms with Crippen LogP contribution in [0.3, 0.4) is 0 Å². The molecule has 1 heterocycles. The molecule has 0 saturated heterocycles. The third kappa shape index (κ3) is 5.60. The van der Waals surface area contributed by atoms with Crippen LogP contribution >= 0.6 is 11.3 Å². The normalized spacial score (nSPS) is 10.5. The van der Waals surface area contributed by atoms with Gasteiger partial charge in [-0.2, -0.15) is 11.3 Å². The molecule has 0 atom stereocenters. The molecule has 23 heavy (non-hydrogen) atoms. The molecule has 1 aromatic heterocycles. The average Bonchev–Trinajstić information content (AvgIpc) is 3.10. The molecule has 1 amide bonds. The summed E-state index contributed by atoms with van der Waals surface area (Å²) < 4.78 is 10.1. The molecule has 120 valence electrons. The van der Waals surface area contributed by atoms with Crippen LogP contribution in [0, 0.1) is 0 Å². The first-order valence-corrected chi connectivity index (χ1v) is 7.89. The average molecular weight is 331 g/mol. The second kappa shape index (κ2) is 8.75. The van der Waals surface area contributed by atoms with Crippen molar-refractivity contribution in [2.24, 2.45) is 0 Å². The van der Waals surface area contributed by atoms with Crippen molar-refractivity contribution in [3.8, 4) is 5.75 Å². The first kappa shape index (κ1) is 16.8.